The molecule has 1 saturated carbocycles. The standard InChI is InChI=1S/C18H30N2OS/c1-13-7-4-5-10-17(13)21-12-11-20(3)16-9-6-8-15-18(16)22-14(2)19-15/h13,16-17H,4-12H2,1-3H3/t13-,16-,17-/m1/s1. The fraction of sp³-hybridized carbons (Fsp3) is 0.833. The van der Waals surface area contributed by atoms with Crippen LogP contribution in [0.2, 0.25) is 0 Å². The Hall–Kier alpha value is -0.450. The molecule has 0 unspecified atom stereocenters. The second-order valence-electron chi connectivity index (χ2n) is 7.10. The quantitative estimate of drug-likeness (QED) is 0.805. The number of hydrogen-bond donors (Lipinski definition) is 0. The smallest absolute Gasteiger partial charge is 0.0900 e. The molecular weight excluding hydrogens is 292 g/mol. The number of aryl methyl sites for hydroxylation is 2. The van der Waals surface area contributed by atoms with Gasteiger partial charge < -0.3 is 4.74 Å². The summed E-state index contributed by atoms with van der Waals surface area (Å²) < 4.78 is 6.20. The summed E-state index contributed by atoms with van der Waals surface area (Å²) in [4.78, 5) is 8.71. The molecule has 0 aliphatic heterocycles. The lowest BCUT2D eigenvalue weighted by molar-refractivity contribution is -0.0156. The van der Waals surface area contributed by atoms with Crippen molar-refractivity contribution in [2.45, 2.75) is 70.9 Å². The van der Waals surface area contributed by atoms with Crippen LogP contribution < -0.4 is 0 Å². The molecule has 2 aliphatic carbocycles. The normalized spacial score (nSPS) is 28.8. The van der Waals surface area contributed by atoms with Crippen molar-refractivity contribution in [2.24, 2.45) is 5.92 Å². The van der Waals surface area contributed by atoms with E-state index in [2.05, 4.69) is 25.8 Å². The first-order valence-corrected chi connectivity index (χ1v) is 9.75. The molecule has 1 aromatic rings. The van der Waals surface area contributed by atoms with E-state index in [1.165, 1.54) is 60.5 Å². The van der Waals surface area contributed by atoms with Gasteiger partial charge in [-0.1, -0.05) is 19.8 Å². The molecule has 3 nitrogen and oxygen atoms in total. The molecule has 2 aliphatic rings. The molecule has 22 heavy (non-hydrogen) atoms. The van der Waals surface area contributed by atoms with Crippen molar-refractivity contribution in [3.63, 3.8) is 0 Å². The molecule has 0 saturated heterocycles. The predicted molar refractivity (Wildman–Crippen MR) is 92.5 cm³/mol. The minimum Gasteiger partial charge on any atom is -0.377 e. The van der Waals surface area contributed by atoms with Crippen LogP contribution in [0.1, 0.15) is 67.1 Å². The van der Waals surface area contributed by atoms with Gasteiger partial charge in [0.15, 0.2) is 0 Å². The van der Waals surface area contributed by atoms with E-state index in [1.807, 2.05) is 11.3 Å². The summed E-state index contributed by atoms with van der Waals surface area (Å²) in [6, 6.07) is 0.558. The van der Waals surface area contributed by atoms with Gasteiger partial charge in [0.25, 0.3) is 0 Å². The van der Waals surface area contributed by atoms with Gasteiger partial charge in [0.2, 0.25) is 0 Å². The van der Waals surface area contributed by atoms with E-state index in [9.17, 15) is 0 Å². The molecule has 0 N–H and O–H groups in total. The number of thiazole rings is 1. The van der Waals surface area contributed by atoms with Crippen LogP contribution in [0.4, 0.5) is 0 Å². The van der Waals surface area contributed by atoms with Crippen molar-refractivity contribution >= 4 is 11.3 Å². The molecule has 124 valence electrons. The minimum absolute atomic E-state index is 0.495. The number of nitrogens with zero attached hydrogens (tertiary/aromatic N) is 2. The third-order valence-corrected chi connectivity index (χ3v) is 6.48. The molecular formula is C18H30N2OS. The molecule has 0 amide bonds. The Morgan fingerprint density at radius 3 is 2.86 bits per heavy atom. The maximum atomic E-state index is 6.20. The molecule has 1 heterocycles. The fourth-order valence-electron chi connectivity index (χ4n) is 3.97. The third kappa shape index (κ3) is 3.72. The molecule has 0 bridgehead atoms. The van der Waals surface area contributed by atoms with Crippen molar-refractivity contribution in [3.8, 4) is 0 Å². The summed E-state index contributed by atoms with van der Waals surface area (Å²) >= 11 is 1.89. The lowest BCUT2D eigenvalue weighted by atomic mass is 9.88. The highest BCUT2D eigenvalue weighted by atomic mass is 32.1. The van der Waals surface area contributed by atoms with E-state index in [0.717, 1.165) is 19.1 Å². The highest BCUT2D eigenvalue weighted by Gasteiger charge is 2.27. The number of ether oxygens (including phenoxy) is 1. The molecule has 0 aromatic carbocycles. The van der Waals surface area contributed by atoms with Gasteiger partial charge in [-0.05, 0) is 52.0 Å². The fourth-order valence-corrected chi connectivity index (χ4v) is 5.15. The number of rotatable bonds is 5. The Labute approximate surface area is 139 Å². The second kappa shape index (κ2) is 7.41. The highest BCUT2D eigenvalue weighted by molar-refractivity contribution is 7.11. The number of hydrogen-bond acceptors (Lipinski definition) is 4. The summed E-state index contributed by atoms with van der Waals surface area (Å²) in [5.74, 6) is 0.740. The van der Waals surface area contributed by atoms with E-state index < -0.39 is 0 Å². The van der Waals surface area contributed by atoms with Crippen LogP contribution in [0.5, 0.6) is 0 Å². The van der Waals surface area contributed by atoms with E-state index in [4.69, 9.17) is 9.72 Å². The van der Waals surface area contributed by atoms with Crippen LogP contribution in [0.25, 0.3) is 0 Å². The second-order valence-corrected chi connectivity index (χ2v) is 8.34. The molecule has 3 rings (SSSR count). The lowest BCUT2D eigenvalue weighted by Crippen LogP contribution is -2.33. The van der Waals surface area contributed by atoms with Crippen LogP contribution in [0, 0.1) is 12.8 Å². The maximum absolute atomic E-state index is 6.20. The van der Waals surface area contributed by atoms with Crippen LogP contribution in [-0.4, -0.2) is 36.2 Å². The van der Waals surface area contributed by atoms with Crippen molar-refractivity contribution < 1.29 is 4.74 Å². The maximum Gasteiger partial charge on any atom is 0.0900 e. The largest absolute Gasteiger partial charge is 0.377 e. The van der Waals surface area contributed by atoms with Gasteiger partial charge in [0.1, 0.15) is 0 Å². The van der Waals surface area contributed by atoms with Crippen LogP contribution in [-0.2, 0) is 11.2 Å². The van der Waals surface area contributed by atoms with Gasteiger partial charge in [0, 0.05) is 17.5 Å². The number of likely N-dealkylation sites (N-methyl/N-ethyl adjacent to an activating group) is 1. The van der Waals surface area contributed by atoms with Crippen molar-refractivity contribution in [3.05, 3.63) is 15.6 Å². The van der Waals surface area contributed by atoms with E-state index in [1.54, 1.807) is 0 Å². The first-order chi connectivity index (χ1) is 10.6. The Kier molecular flexibility index (Phi) is 5.53. The highest BCUT2D eigenvalue weighted by Crippen LogP contribution is 2.37. The van der Waals surface area contributed by atoms with Gasteiger partial charge in [0.05, 0.1) is 23.4 Å². The average Bonchev–Trinajstić information content (AvgIpc) is 2.89. The average molecular weight is 323 g/mol. The van der Waals surface area contributed by atoms with Crippen LogP contribution >= 0.6 is 11.3 Å². The summed E-state index contributed by atoms with van der Waals surface area (Å²) in [7, 11) is 2.25. The number of fused-ring (bicyclic) bond motifs is 1. The zero-order valence-corrected chi connectivity index (χ0v) is 15.1. The van der Waals surface area contributed by atoms with Crippen molar-refractivity contribution in [1.29, 1.82) is 0 Å². The Bertz CT molecular complexity index is 487. The zero-order valence-electron chi connectivity index (χ0n) is 14.3. The molecule has 0 radical (unpaired) electrons. The van der Waals surface area contributed by atoms with Crippen LogP contribution in [0.3, 0.4) is 0 Å². The van der Waals surface area contributed by atoms with Crippen molar-refractivity contribution in [1.82, 2.24) is 9.88 Å². The number of aromatic nitrogens is 1. The monoisotopic (exact) mass is 322 g/mol. The SMILES string of the molecule is Cc1nc2c(s1)[C@H](N(C)CCO[C@@H]1CCCC[C@H]1C)CCC2. The first kappa shape index (κ1) is 16.4. The summed E-state index contributed by atoms with van der Waals surface area (Å²) in [6.45, 7) is 6.38. The van der Waals surface area contributed by atoms with Crippen LogP contribution in [0.15, 0.2) is 0 Å². The van der Waals surface area contributed by atoms with Gasteiger partial charge >= 0.3 is 0 Å². The Balaban J connectivity index is 1.51. The summed E-state index contributed by atoms with van der Waals surface area (Å²) in [6.07, 6.45) is 9.53. The van der Waals surface area contributed by atoms with Gasteiger partial charge in [-0.2, -0.15) is 0 Å². The van der Waals surface area contributed by atoms with Gasteiger partial charge in [-0.25, -0.2) is 4.98 Å². The Morgan fingerprint density at radius 1 is 1.23 bits per heavy atom. The molecule has 3 atom stereocenters. The molecule has 4 heteroatoms. The van der Waals surface area contributed by atoms with Crippen molar-refractivity contribution in [2.75, 3.05) is 20.2 Å². The third-order valence-electron chi connectivity index (χ3n) is 5.37. The zero-order chi connectivity index (χ0) is 15.5. The van der Waals surface area contributed by atoms with Gasteiger partial charge in [-0.3, -0.25) is 4.90 Å². The van der Waals surface area contributed by atoms with E-state index in [-0.39, 0.29) is 0 Å². The summed E-state index contributed by atoms with van der Waals surface area (Å²) in [5, 5.41) is 1.22. The van der Waals surface area contributed by atoms with Gasteiger partial charge in [-0.15, -0.1) is 11.3 Å². The predicted octanol–water partition coefficient (Wildman–Crippen LogP) is 4.36. The molecule has 1 fully saturated rings. The molecule has 1 aromatic heterocycles. The topological polar surface area (TPSA) is 25.4 Å². The minimum atomic E-state index is 0.495. The van der Waals surface area contributed by atoms with E-state index >= 15 is 0 Å². The van der Waals surface area contributed by atoms with E-state index in [0.29, 0.717) is 12.1 Å². The first-order valence-electron chi connectivity index (χ1n) is 8.93. The Morgan fingerprint density at radius 2 is 2.05 bits per heavy atom. The lowest BCUT2D eigenvalue weighted by Gasteiger charge is -2.32. The summed E-state index contributed by atoms with van der Waals surface area (Å²) in [5.41, 5.74) is 1.35. The molecule has 0 spiro atoms.